The van der Waals surface area contributed by atoms with Crippen LogP contribution in [0.2, 0.25) is 0 Å². The Labute approximate surface area is 172 Å². The highest BCUT2D eigenvalue weighted by molar-refractivity contribution is 5.95. The number of nitrogens with one attached hydrogen (secondary N) is 1. The van der Waals surface area contributed by atoms with E-state index in [2.05, 4.69) is 11.4 Å². The molecule has 29 heavy (non-hydrogen) atoms. The monoisotopic (exact) mass is 395 g/mol. The van der Waals surface area contributed by atoms with Crippen molar-refractivity contribution in [1.29, 1.82) is 0 Å². The predicted molar refractivity (Wildman–Crippen MR) is 116 cm³/mol. The molecule has 0 heterocycles. The fourth-order valence-corrected chi connectivity index (χ4v) is 2.86. The van der Waals surface area contributed by atoms with E-state index in [1.165, 1.54) is 6.08 Å². The molecule has 0 aliphatic heterocycles. The lowest BCUT2D eigenvalue weighted by Gasteiger charge is -2.24. The van der Waals surface area contributed by atoms with Gasteiger partial charge in [-0.15, -0.1) is 0 Å². The van der Waals surface area contributed by atoms with Gasteiger partial charge >= 0.3 is 5.97 Å². The molecule has 2 rings (SSSR count). The summed E-state index contributed by atoms with van der Waals surface area (Å²) in [5.74, 6) is -0.203. The standard InChI is InChI=1S/C24H29NO4/c1-17-9-10-18(2)21(15-17)29-14-6-13-24(3,4)23(28)25-20-8-5-7-19(16-20)11-12-22(26)27/h5,7-12,15-16H,6,13-14H2,1-4H3,(H,25,28)(H,26,27)/b12-11+. The van der Waals surface area contributed by atoms with Crippen LogP contribution >= 0.6 is 0 Å². The Morgan fingerprint density at radius 2 is 1.90 bits per heavy atom. The van der Waals surface area contributed by atoms with Crippen LogP contribution in [-0.4, -0.2) is 23.6 Å². The van der Waals surface area contributed by atoms with Crippen molar-refractivity contribution in [1.82, 2.24) is 0 Å². The number of hydrogen-bond donors (Lipinski definition) is 2. The Morgan fingerprint density at radius 3 is 2.62 bits per heavy atom. The fraction of sp³-hybridized carbons (Fsp3) is 0.333. The summed E-state index contributed by atoms with van der Waals surface area (Å²) in [7, 11) is 0. The Kier molecular flexibility index (Phi) is 7.59. The molecule has 5 nitrogen and oxygen atoms in total. The van der Waals surface area contributed by atoms with Gasteiger partial charge in [0, 0.05) is 17.2 Å². The number of carboxylic acid groups (broad SMARTS) is 1. The zero-order valence-electron chi connectivity index (χ0n) is 17.5. The SMILES string of the molecule is Cc1ccc(C)c(OCCCC(C)(C)C(=O)Nc2cccc(/C=C/C(=O)O)c2)c1. The van der Waals surface area contributed by atoms with E-state index in [-0.39, 0.29) is 5.91 Å². The Morgan fingerprint density at radius 1 is 1.14 bits per heavy atom. The van der Waals surface area contributed by atoms with E-state index in [0.717, 1.165) is 29.4 Å². The van der Waals surface area contributed by atoms with E-state index >= 15 is 0 Å². The summed E-state index contributed by atoms with van der Waals surface area (Å²) in [6.45, 7) is 8.43. The number of benzene rings is 2. The Balaban J connectivity index is 1.88. The van der Waals surface area contributed by atoms with E-state index in [0.29, 0.717) is 24.3 Å². The van der Waals surface area contributed by atoms with Gasteiger partial charge in [-0.1, -0.05) is 38.1 Å². The van der Waals surface area contributed by atoms with E-state index in [4.69, 9.17) is 9.84 Å². The molecule has 5 heteroatoms. The van der Waals surface area contributed by atoms with Gasteiger partial charge in [-0.05, 0) is 67.7 Å². The topological polar surface area (TPSA) is 75.6 Å². The van der Waals surface area contributed by atoms with Crippen LogP contribution in [0.1, 0.15) is 43.4 Å². The zero-order chi connectivity index (χ0) is 21.4. The lowest BCUT2D eigenvalue weighted by atomic mass is 9.87. The number of aliphatic carboxylic acids is 1. The first kappa shape index (κ1) is 22.2. The summed E-state index contributed by atoms with van der Waals surface area (Å²) in [6, 6.07) is 13.2. The fourth-order valence-electron chi connectivity index (χ4n) is 2.86. The van der Waals surface area contributed by atoms with Crippen molar-refractivity contribution in [3.05, 3.63) is 65.2 Å². The molecular formula is C24H29NO4. The molecule has 2 N–H and O–H groups in total. The quantitative estimate of drug-likeness (QED) is 0.450. The molecule has 2 aromatic rings. The van der Waals surface area contributed by atoms with Crippen LogP contribution in [-0.2, 0) is 9.59 Å². The number of hydrogen-bond acceptors (Lipinski definition) is 3. The third kappa shape index (κ3) is 7.11. The van der Waals surface area contributed by atoms with E-state index in [9.17, 15) is 9.59 Å². The van der Waals surface area contributed by atoms with Crippen molar-refractivity contribution in [3.8, 4) is 5.75 Å². The molecule has 0 saturated carbocycles. The average molecular weight is 395 g/mol. The third-order valence-electron chi connectivity index (χ3n) is 4.72. The molecule has 0 fully saturated rings. The van der Waals surface area contributed by atoms with Crippen LogP contribution < -0.4 is 10.1 Å². The molecule has 0 unspecified atom stereocenters. The molecule has 1 amide bonds. The number of carbonyl (C=O) groups is 2. The lowest BCUT2D eigenvalue weighted by molar-refractivity contribution is -0.131. The van der Waals surface area contributed by atoms with Gasteiger partial charge in [0.1, 0.15) is 5.75 Å². The van der Waals surface area contributed by atoms with E-state index < -0.39 is 11.4 Å². The Bertz CT molecular complexity index is 900. The number of rotatable bonds is 9. The van der Waals surface area contributed by atoms with E-state index in [1.807, 2.05) is 39.8 Å². The number of aryl methyl sites for hydroxylation is 2. The maximum Gasteiger partial charge on any atom is 0.328 e. The summed E-state index contributed by atoms with van der Waals surface area (Å²) in [5, 5.41) is 11.7. The predicted octanol–water partition coefficient (Wildman–Crippen LogP) is 5.23. The molecule has 0 bridgehead atoms. The first-order valence-corrected chi connectivity index (χ1v) is 9.70. The van der Waals surface area contributed by atoms with Gasteiger partial charge in [0.25, 0.3) is 0 Å². The molecule has 0 saturated heterocycles. The zero-order valence-corrected chi connectivity index (χ0v) is 17.5. The van der Waals surface area contributed by atoms with Crippen molar-refractivity contribution >= 4 is 23.6 Å². The molecule has 2 aromatic carbocycles. The van der Waals surface area contributed by atoms with Gasteiger partial charge in [-0.25, -0.2) is 4.79 Å². The van der Waals surface area contributed by atoms with Crippen molar-refractivity contribution in [2.45, 2.75) is 40.5 Å². The van der Waals surface area contributed by atoms with Gasteiger partial charge < -0.3 is 15.2 Å². The number of anilines is 1. The third-order valence-corrected chi connectivity index (χ3v) is 4.72. The van der Waals surface area contributed by atoms with Crippen LogP contribution in [0.5, 0.6) is 5.75 Å². The van der Waals surface area contributed by atoms with Gasteiger partial charge in [-0.2, -0.15) is 0 Å². The van der Waals surface area contributed by atoms with Gasteiger partial charge in [0.2, 0.25) is 5.91 Å². The normalized spacial score (nSPS) is 11.4. The summed E-state index contributed by atoms with van der Waals surface area (Å²) < 4.78 is 5.89. The molecule has 0 radical (unpaired) electrons. The molecule has 0 aliphatic rings. The highest BCUT2D eigenvalue weighted by Crippen LogP contribution is 2.26. The first-order valence-electron chi connectivity index (χ1n) is 9.70. The van der Waals surface area contributed by atoms with Crippen molar-refractivity contribution in [3.63, 3.8) is 0 Å². The second-order valence-corrected chi connectivity index (χ2v) is 7.86. The minimum Gasteiger partial charge on any atom is -0.493 e. The van der Waals surface area contributed by atoms with Crippen LogP contribution in [0.15, 0.2) is 48.5 Å². The average Bonchev–Trinajstić information content (AvgIpc) is 2.66. The van der Waals surface area contributed by atoms with Crippen molar-refractivity contribution < 1.29 is 19.4 Å². The summed E-state index contributed by atoms with van der Waals surface area (Å²) in [4.78, 5) is 23.4. The molecular weight excluding hydrogens is 366 g/mol. The first-order chi connectivity index (χ1) is 13.7. The lowest BCUT2D eigenvalue weighted by Crippen LogP contribution is -2.31. The van der Waals surface area contributed by atoms with Crippen LogP contribution in [0.4, 0.5) is 5.69 Å². The maximum absolute atomic E-state index is 12.7. The van der Waals surface area contributed by atoms with E-state index in [1.54, 1.807) is 24.3 Å². The van der Waals surface area contributed by atoms with Crippen molar-refractivity contribution in [2.75, 3.05) is 11.9 Å². The summed E-state index contributed by atoms with van der Waals surface area (Å²) in [6.07, 6.45) is 4.01. The second kappa shape index (κ2) is 9.92. The number of carboxylic acids is 1. The molecule has 154 valence electrons. The molecule has 0 spiro atoms. The summed E-state index contributed by atoms with van der Waals surface area (Å²) in [5.41, 5.74) is 3.06. The number of amides is 1. The smallest absolute Gasteiger partial charge is 0.328 e. The number of carbonyl (C=O) groups excluding carboxylic acids is 1. The van der Waals surface area contributed by atoms with Crippen LogP contribution in [0, 0.1) is 19.3 Å². The number of ether oxygens (including phenoxy) is 1. The largest absolute Gasteiger partial charge is 0.493 e. The second-order valence-electron chi connectivity index (χ2n) is 7.86. The van der Waals surface area contributed by atoms with Crippen LogP contribution in [0.3, 0.4) is 0 Å². The molecule has 0 aromatic heterocycles. The molecule has 0 aliphatic carbocycles. The Hall–Kier alpha value is -3.08. The molecule has 0 atom stereocenters. The van der Waals surface area contributed by atoms with Crippen molar-refractivity contribution in [2.24, 2.45) is 5.41 Å². The van der Waals surface area contributed by atoms with Gasteiger partial charge in [-0.3, -0.25) is 4.79 Å². The summed E-state index contributed by atoms with van der Waals surface area (Å²) >= 11 is 0. The van der Waals surface area contributed by atoms with Crippen LogP contribution in [0.25, 0.3) is 6.08 Å². The highest BCUT2D eigenvalue weighted by Gasteiger charge is 2.27. The minimum atomic E-state index is -1.01. The maximum atomic E-state index is 12.7. The highest BCUT2D eigenvalue weighted by atomic mass is 16.5. The van der Waals surface area contributed by atoms with Gasteiger partial charge in [0.05, 0.1) is 6.61 Å². The van der Waals surface area contributed by atoms with Gasteiger partial charge in [0.15, 0.2) is 0 Å². The minimum absolute atomic E-state index is 0.0800.